The number of methoxy groups -OCH3 is 1. The number of urea groups is 1. The standard InChI is InChI=1S/C25H25F3N4O5S2/c1-37-20-5-2-4-17(14-20)15-29-23(33)21-16-31(11-12-32(21)39(35,36)22-6-3-13-38-22)24(34)30-19-9-7-18(8-10-19)25(26,27)28/h2-10,13-14,21H,11-12,15-16H2,1H3,(H,29,33)(H,30,34). The van der Waals surface area contributed by atoms with Gasteiger partial charge in [-0.2, -0.15) is 17.5 Å². The summed E-state index contributed by atoms with van der Waals surface area (Å²) in [6, 6.07) is 12.0. The van der Waals surface area contributed by atoms with Gasteiger partial charge in [0.25, 0.3) is 10.0 Å². The van der Waals surface area contributed by atoms with Gasteiger partial charge in [-0.3, -0.25) is 4.79 Å². The number of carbonyl (C=O) groups excluding carboxylic acids is 2. The summed E-state index contributed by atoms with van der Waals surface area (Å²) >= 11 is 1.02. The fourth-order valence-corrected chi connectivity index (χ4v) is 6.70. The lowest BCUT2D eigenvalue weighted by molar-refractivity contribution is -0.137. The Balaban J connectivity index is 1.51. The average molecular weight is 583 g/mol. The molecular weight excluding hydrogens is 557 g/mol. The van der Waals surface area contributed by atoms with Crippen LogP contribution in [-0.4, -0.2) is 62.3 Å². The fourth-order valence-electron chi connectivity index (χ4n) is 4.01. The van der Waals surface area contributed by atoms with Crippen LogP contribution in [0.3, 0.4) is 0 Å². The van der Waals surface area contributed by atoms with E-state index in [4.69, 9.17) is 4.74 Å². The second-order valence-corrected chi connectivity index (χ2v) is 11.6. The second kappa shape index (κ2) is 11.6. The van der Waals surface area contributed by atoms with Crippen molar-refractivity contribution in [2.45, 2.75) is 23.0 Å². The molecule has 1 unspecified atom stereocenters. The minimum Gasteiger partial charge on any atom is -0.497 e. The summed E-state index contributed by atoms with van der Waals surface area (Å²) in [6.45, 7) is -0.354. The molecule has 1 atom stereocenters. The zero-order chi connectivity index (χ0) is 28.2. The number of hydrogen-bond acceptors (Lipinski definition) is 6. The molecule has 9 nitrogen and oxygen atoms in total. The molecule has 2 N–H and O–H groups in total. The summed E-state index contributed by atoms with van der Waals surface area (Å²) in [4.78, 5) is 27.5. The molecule has 2 heterocycles. The van der Waals surface area contributed by atoms with E-state index in [0.29, 0.717) is 5.75 Å². The van der Waals surface area contributed by atoms with E-state index in [9.17, 15) is 31.2 Å². The van der Waals surface area contributed by atoms with Crippen molar-refractivity contribution in [3.8, 4) is 5.75 Å². The molecule has 3 aromatic rings. The molecule has 14 heteroatoms. The third-order valence-electron chi connectivity index (χ3n) is 6.04. The first-order valence-corrected chi connectivity index (χ1v) is 14.0. The predicted octanol–water partition coefficient (Wildman–Crippen LogP) is 4.00. The van der Waals surface area contributed by atoms with Crippen molar-refractivity contribution in [3.05, 3.63) is 77.2 Å². The maximum atomic E-state index is 13.3. The summed E-state index contributed by atoms with van der Waals surface area (Å²) < 4.78 is 71.5. The van der Waals surface area contributed by atoms with E-state index >= 15 is 0 Å². The van der Waals surface area contributed by atoms with Crippen molar-refractivity contribution in [1.29, 1.82) is 0 Å². The number of thiophene rings is 1. The quantitative estimate of drug-likeness (QED) is 0.438. The van der Waals surface area contributed by atoms with E-state index < -0.39 is 39.7 Å². The SMILES string of the molecule is COc1cccc(CNC(=O)C2CN(C(=O)Nc3ccc(C(F)(F)F)cc3)CCN2S(=O)(=O)c2cccs2)c1. The Morgan fingerprint density at radius 2 is 1.82 bits per heavy atom. The number of anilines is 1. The molecule has 0 spiro atoms. The third kappa shape index (κ3) is 6.69. The highest BCUT2D eigenvalue weighted by Crippen LogP contribution is 2.30. The third-order valence-corrected chi connectivity index (χ3v) is 9.32. The van der Waals surface area contributed by atoms with E-state index in [-0.39, 0.29) is 36.1 Å². The first-order valence-electron chi connectivity index (χ1n) is 11.7. The van der Waals surface area contributed by atoms with Crippen molar-refractivity contribution in [2.24, 2.45) is 0 Å². The van der Waals surface area contributed by atoms with Gasteiger partial charge in [-0.05, 0) is 53.4 Å². The molecule has 39 heavy (non-hydrogen) atoms. The van der Waals surface area contributed by atoms with Gasteiger partial charge in [-0.1, -0.05) is 18.2 Å². The van der Waals surface area contributed by atoms with Crippen molar-refractivity contribution in [2.75, 3.05) is 32.1 Å². The fraction of sp³-hybridized carbons (Fsp3) is 0.280. The Hall–Kier alpha value is -3.62. The normalized spacial score (nSPS) is 16.5. The predicted molar refractivity (Wildman–Crippen MR) is 139 cm³/mol. The van der Waals surface area contributed by atoms with Crippen LogP contribution in [0.5, 0.6) is 5.75 Å². The summed E-state index contributed by atoms with van der Waals surface area (Å²) in [7, 11) is -2.52. The van der Waals surface area contributed by atoms with Crippen LogP contribution in [0.25, 0.3) is 0 Å². The molecule has 4 rings (SSSR count). The number of nitrogens with zero attached hydrogens (tertiary/aromatic N) is 2. The molecule has 0 saturated carbocycles. The molecule has 1 aromatic heterocycles. The molecule has 1 aliphatic heterocycles. The highest BCUT2D eigenvalue weighted by molar-refractivity contribution is 7.91. The molecule has 0 radical (unpaired) electrons. The zero-order valence-electron chi connectivity index (χ0n) is 20.6. The van der Waals surface area contributed by atoms with Crippen LogP contribution in [-0.2, 0) is 27.5 Å². The lowest BCUT2D eigenvalue weighted by Gasteiger charge is -2.39. The second-order valence-electron chi connectivity index (χ2n) is 8.58. The summed E-state index contributed by atoms with van der Waals surface area (Å²) in [5, 5.41) is 6.85. The number of amides is 3. The Morgan fingerprint density at radius 3 is 2.46 bits per heavy atom. The van der Waals surface area contributed by atoms with Crippen LogP contribution in [0, 0.1) is 0 Å². The number of benzene rings is 2. The Bertz CT molecular complexity index is 1410. The number of sulfonamides is 1. The molecule has 208 valence electrons. The van der Waals surface area contributed by atoms with Gasteiger partial charge in [-0.15, -0.1) is 11.3 Å². The first kappa shape index (κ1) is 28.4. The number of ether oxygens (including phenoxy) is 1. The van der Waals surface area contributed by atoms with Gasteiger partial charge in [-0.25, -0.2) is 13.2 Å². The highest BCUT2D eigenvalue weighted by atomic mass is 32.2. The van der Waals surface area contributed by atoms with E-state index in [2.05, 4.69) is 10.6 Å². The average Bonchev–Trinajstić information content (AvgIpc) is 3.47. The minimum absolute atomic E-state index is 0.0310. The van der Waals surface area contributed by atoms with E-state index in [1.807, 2.05) is 0 Å². The smallest absolute Gasteiger partial charge is 0.416 e. The molecule has 1 aliphatic rings. The molecule has 3 amide bonds. The van der Waals surface area contributed by atoms with Crippen LogP contribution in [0.2, 0.25) is 0 Å². The summed E-state index contributed by atoms with van der Waals surface area (Å²) in [5.74, 6) is -0.0163. The summed E-state index contributed by atoms with van der Waals surface area (Å²) in [5.41, 5.74) is -0.00981. The largest absolute Gasteiger partial charge is 0.497 e. The van der Waals surface area contributed by atoms with Crippen LogP contribution in [0.15, 0.2) is 70.3 Å². The van der Waals surface area contributed by atoms with Gasteiger partial charge in [0.05, 0.1) is 12.7 Å². The highest BCUT2D eigenvalue weighted by Gasteiger charge is 2.41. The van der Waals surface area contributed by atoms with Crippen LogP contribution >= 0.6 is 11.3 Å². The van der Waals surface area contributed by atoms with Gasteiger partial charge in [0, 0.05) is 31.9 Å². The van der Waals surface area contributed by atoms with E-state index in [1.54, 1.807) is 35.7 Å². The van der Waals surface area contributed by atoms with Gasteiger partial charge in [0.15, 0.2) is 0 Å². The number of rotatable bonds is 7. The molecule has 2 aromatic carbocycles. The summed E-state index contributed by atoms with van der Waals surface area (Å²) in [6.07, 6.45) is -4.52. The van der Waals surface area contributed by atoms with Gasteiger partial charge in [0.1, 0.15) is 16.0 Å². The topological polar surface area (TPSA) is 108 Å². The Kier molecular flexibility index (Phi) is 8.47. The van der Waals surface area contributed by atoms with Crippen LogP contribution in [0.1, 0.15) is 11.1 Å². The zero-order valence-corrected chi connectivity index (χ0v) is 22.3. The number of halogens is 3. The number of alkyl halides is 3. The minimum atomic E-state index is -4.52. The number of nitrogens with one attached hydrogen (secondary N) is 2. The molecule has 0 aliphatic carbocycles. The Labute approximate surface area is 227 Å². The first-order chi connectivity index (χ1) is 18.5. The van der Waals surface area contributed by atoms with Gasteiger partial charge < -0.3 is 20.3 Å². The van der Waals surface area contributed by atoms with Gasteiger partial charge >= 0.3 is 12.2 Å². The van der Waals surface area contributed by atoms with E-state index in [1.165, 1.54) is 18.1 Å². The molecule has 1 fully saturated rings. The molecule has 0 bridgehead atoms. The van der Waals surface area contributed by atoms with E-state index in [0.717, 1.165) is 45.5 Å². The van der Waals surface area contributed by atoms with Crippen molar-refractivity contribution in [3.63, 3.8) is 0 Å². The lowest BCUT2D eigenvalue weighted by atomic mass is 10.1. The van der Waals surface area contributed by atoms with Crippen molar-refractivity contribution < 1.29 is 35.9 Å². The maximum absolute atomic E-state index is 13.3. The monoisotopic (exact) mass is 582 g/mol. The lowest BCUT2D eigenvalue weighted by Crippen LogP contribution is -2.61. The Morgan fingerprint density at radius 1 is 1.08 bits per heavy atom. The van der Waals surface area contributed by atoms with Crippen LogP contribution in [0.4, 0.5) is 23.7 Å². The van der Waals surface area contributed by atoms with Gasteiger partial charge in [0.2, 0.25) is 5.91 Å². The van der Waals surface area contributed by atoms with Crippen molar-refractivity contribution in [1.82, 2.24) is 14.5 Å². The van der Waals surface area contributed by atoms with Crippen LogP contribution < -0.4 is 15.4 Å². The number of hydrogen-bond donors (Lipinski definition) is 2. The number of carbonyl (C=O) groups is 2. The molecule has 1 saturated heterocycles. The maximum Gasteiger partial charge on any atom is 0.416 e. The number of piperazine rings is 1. The molecular formula is C25H25F3N4O5S2. The van der Waals surface area contributed by atoms with Crippen molar-refractivity contribution >= 4 is 39.0 Å².